The highest BCUT2D eigenvalue weighted by Gasteiger charge is 2.84. The Kier molecular flexibility index (Phi) is 8.41. The lowest BCUT2D eigenvalue weighted by Crippen LogP contribution is -2.81. The van der Waals surface area contributed by atoms with Crippen molar-refractivity contribution in [1.29, 1.82) is 0 Å². The smallest absolute Gasteiger partial charge is 0.374 e. The zero-order chi connectivity index (χ0) is 32.9. The van der Waals surface area contributed by atoms with E-state index in [2.05, 4.69) is 0 Å². The lowest BCUT2D eigenvalue weighted by molar-refractivity contribution is -0.343. The Hall–Kier alpha value is -3.70. The van der Waals surface area contributed by atoms with Gasteiger partial charge in [0, 0.05) is 19.3 Å². The predicted molar refractivity (Wildman–Crippen MR) is 158 cm³/mol. The fraction of sp³-hybridized carbons (Fsp3) is 0.588. The van der Waals surface area contributed by atoms with Crippen LogP contribution in [0.2, 0.25) is 0 Å². The van der Waals surface area contributed by atoms with Crippen LogP contribution in [0.5, 0.6) is 0 Å². The van der Waals surface area contributed by atoms with Gasteiger partial charge in [0.2, 0.25) is 5.76 Å². The van der Waals surface area contributed by atoms with Gasteiger partial charge in [0.25, 0.3) is 0 Å². The summed E-state index contributed by atoms with van der Waals surface area (Å²) in [5, 5.41) is 12.6. The Bertz CT molecular complexity index is 1430. The molecule has 1 spiro atoms. The summed E-state index contributed by atoms with van der Waals surface area (Å²) in [6, 6.07) is 11.3. The molecule has 2 bridgehead atoms. The van der Waals surface area contributed by atoms with Gasteiger partial charge in [-0.3, -0.25) is 9.59 Å². The van der Waals surface area contributed by atoms with Gasteiger partial charge in [0.15, 0.2) is 6.10 Å². The van der Waals surface area contributed by atoms with Crippen LogP contribution in [0.25, 0.3) is 0 Å². The highest BCUT2D eigenvalue weighted by atomic mass is 16.6. The first-order valence-corrected chi connectivity index (χ1v) is 15.4. The molecule has 11 nitrogen and oxygen atoms in total. The van der Waals surface area contributed by atoms with E-state index in [4.69, 9.17) is 28.1 Å². The molecule has 1 aromatic carbocycles. The highest BCUT2D eigenvalue weighted by Crippen LogP contribution is 2.69. The first-order valence-electron chi connectivity index (χ1n) is 15.4. The Morgan fingerprint density at radius 3 is 2.22 bits per heavy atom. The maximum absolute atomic E-state index is 13.4. The van der Waals surface area contributed by atoms with E-state index in [1.54, 1.807) is 50.2 Å². The molecule has 9 atom stereocenters. The Balaban J connectivity index is 1.69. The molecular formula is C34H42O11. The van der Waals surface area contributed by atoms with Gasteiger partial charge in [-0.2, -0.15) is 0 Å². The average Bonchev–Trinajstić information content (AvgIpc) is 3.58. The molecule has 2 saturated carbocycles. The normalized spacial score (nSPS) is 35.4. The molecule has 2 aliphatic carbocycles. The number of hydrogen-bond donors (Lipinski definition) is 1. The number of fused-ring (bicyclic) bond motifs is 1. The van der Waals surface area contributed by atoms with E-state index in [9.17, 15) is 24.3 Å². The Morgan fingerprint density at radius 2 is 1.62 bits per heavy atom. The Labute approximate surface area is 262 Å². The minimum Gasteiger partial charge on any atom is -0.459 e. The molecule has 2 heterocycles. The van der Waals surface area contributed by atoms with Crippen molar-refractivity contribution in [2.75, 3.05) is 0 Å². The van der Waals surface area contributed by atoms with Crippen LogP contribution in [0.4, 0.5) is 0 Å². The fourth-order valence-corrected chi connectivity index (χ4v) is 7.75. The third kappa shape index (κ3) is 5.23. The SMILES string of the molecule is CC[C@H](C)C(=O)O[C@@H]1[C@H]2C[C@H](OC(=O)c3ccco3)[C@]3(C)[C@@H](OC(C)=O)[C@@H](OC(=O)c4ccccc4)C[C@](C)(O)[C@@]13OC2(C)C. The van der Waals surface area contributed by atoms with Gasteiger partial charge in [0.05, 0.1) is 34.4 Å². The second-order valence-corrected chi connectivity index (χ2v) is 13.4. The molecule has 3 aliphatic rings. The molecule has 45 heavy (non-hydrogen) atoms. The zero-order valence-corrected chi connectivity index (χ0v) is 26.7. The summed E-state index contributed by atoms with van der Waals surface area (Å²) in [4.78, 5) is 52.9. The zero-order valence-electron chi connectivity index (χ0n) is 26.7. The first kappa shape index (κ1) is 32.7. The number of benzene rings is 1. The highest BCUT2D eigenvalue weighted by molar-refractivity contribution is 5.89. The largest absolute Gasteiger partial charge is 0.459 e. The third-order valence-electron chi connectivity index (χ3n) is 10.1. The molecule has 0 radical (unpaired) electrons. The minimum absolute atomic E-state index is 0.0517. The van der Waals surface area contributed by atoms with Crippen LogP contribution in [0.15, 0.2) is 53.1 Å². The van der Waals surface area contributed by atoms with Gasteiger partial charge in [0.1, 0.15) is 23.9 Å². The Morgan fingerprint density at radius 1 is 0.933 bits per heavy atom. The number of carbonyl (C=O) groups is 4. The molecule has 2 aromatic rings. The minimum atomic E-state index is -1.86. The summed E-state index contributed by atoms with van der Waals surface area (Å²) < 4.78 is 36.6. The summed E-state index contributed by atoms with van der Waals surface area (Å²) in [6.45, 7) is 11.7. The fourth-order valence-electron chi connectivity index (χ4n) is 7.75. The van der Waals surface area contributed by atoms with Crippen molar-refractivity contribution in [2.45, 2.75) is 109 Å². The van der Waals surface area contributed by atoms with E-state index >= 15 is 0 Å². The van der Waals surface area contributed by atoms with Crippen LogP contribution in [-0.4, -0.2) is 70.2 Å². The van der Waals surface area contributed by atoms with Crippen molar-refractivity contribution < 1.29 is 52.4 Å². The van der Waals surface area contributed by atoms with Crippen LogP contribution >= 0.6 is 0 Å². The van der Waals surface area contributed by atoms with E-state index in [1.807, 2.05) is 20.8 Å². The number of aliphatic hydroxyl groups is 1. The second-order valence-electron chi connectivity index (χ2n) is 13.4. The molecular weight excluding hydrogens is 584 g/mol. The van der Waals surface area contributed by atoms with Crippen molar-refractivity contribution in [3.05, 3.63) is 60.1 Å². The van der Waals surface area contributed by atoms with Gasteiger partial charge in [-0.1, -0.05) is 32.0 Å². The van der Waals surface area contributed by atoms with Gasteiger partial charge in [-0.05, 0) is 64.8 Å². The van der Waals surface area contributed by atoms with Crippen LogP contribution in [0.1, 0.15) is 88.6 Å². The average molecular weight is 627 g/mol. The van der Waals surface area contributed by atoms with Crippen LogP contribution < -0.4 is 0 Å². The molecule has 3 fully saturated rings. The van der Waals surface area contributed by atoms with Crippen molar-refractivity contribution >= 4 is 23.9 Å². The van der Waals surface area contributed by atoms with Crippen molar-refractivity contribution in [2.24, 2.45) is 17.3 Å². The van der Waals surface area contributed by atoms with Gasteiger partial charge in [-0.15, -0.1) is 0 Å². The number of rotatable bonds is 8. The number of esters is 4. The van der Waals surface area contributed by atoms with E-state index in [-0.39, 0.29) is 24.2 Å². The van der Waals surface area contributed by atoms with Gasteiger partial charge < -0.3 is 33.2 Å². The van der Waals surface area contributed by atoms with Crippen molar-refractivity contribution in [3.8, 4) is 0 Å². The van der Waals surface area contributed by atoms with E-state index in [0.29, 0.717) is 6.42 Å². The topological polar surface area (TPSA) is 148 Å². The summed E-state index contributed by atoms with van der Waals surface area (Å²) in [5.74, 6) is -3.68. The number of hydrogen-bond acceptors (Lipinski definition) is 11. The molecule has 1 aliphatic heterocycles. The first-order chi connectivity index (χ1) is 21.1. The molecule has 5 rings (SSSR count). The summed E-state index contributed by atoms with van der Waals surface area (Å²) in [5.41, 5.74) is -5.99. The lowest BCUT2D eigenvalue weighted by atomic mass is 9.47. The lowest BCUT2D eigenvalue weighted by Gasteiger charge is -2.65. The van der Waals surface area contributed by atoms with Crippen LogP contribution in [0.3, 0.4) is 0 Å². The number of carbonyl (C=O) groups excluding carboxylic acids is 4. The monoisotopic (exact) mass is 626 g/mol. The molecule has 11 heteroatoms. The summed E-state index contributed by atoms with van der Waals surface area (Å²) >= 11 is 0. The third-order valence-corrected chi connectivity index (χ3v) is 10.1. The number of ether oxygens (including phenoxy) is 5. The van der Waals surface area contributed by atoms with Crippen molar-refractivity contribution in [3.63, 3.8) is 0 Å². The van der Waals surface area contributed by atoms with Gasteiger partial charge >= 0.3 is 23.9 Å². The van der Waals surface area contributed by atoms with Crippen molar-refractivity contribution in [1.82, 2.24) is 0 Å². The standard InChI is InChI=1S/C34H42O11/c1-8-19(2)28(36)44-26-22-17-25(43-30(38)23-15-12-16-40-23)33(7)27(41-20(3)35)24(42-29(37)21-13-10-9-11-14-21)18-32(6,39)34(26,33)45-31(22,4)5/h9-16,19,22,24-27,39H,8,17-18H2,1-7H3/t19-,22+,24-,25-,26+,27-,32-,33+,34-/m0/s1. The maximum atomic E-state index is 13.4. The maximum Gasteiger partial charge on any atom is 0.374 e. The van der Waals surface area contributed by atoms with Crippen LogP contribution in [0, 0.1) is 17.3 Å². The summed E-state index contributed by atoms with van der Waals surface area (Å²) in [6.07, 6.45) is -2.86. The molecule has 1 saturated heterocycles. The van der Waals surface area contributed by atoms with Crippen LogP contribution in [-0.2, 0) is 33.3 Å². The van der Waals surface area contributed by atoms with E-state index in [0.717, 1.165) is 0 Å². The summed E-state index contributed by atoms with van der Waals surface area (Å²) in [7, 11) is 0. The van der Waals surface area contributed by atoms with E-state index < -0.39 is 82.3 Å². The predicted octanol–water partition coefficient (Wildman–Crippen LogP) is 4.65. The van der Waals surface area contributed by atoms with Gasteiger partial charge in [-0.25, -0.2) is 9.59 Å². The van der Waals surface area contributed by atoms with E-state index in [1.165, 1.54) is 26.2 Å². The number of furan rings is 1. The molecule has 0 amide bonds. The molecule has 244 valence electrons. The molecule has 1 aromatic heterocycles. The molecule has 0 unspecified atom stereocenters. The molecule has 1 N–H and O–H groups in total. The quantitative estimate of drug-likeness (QED) is 0.323. The second kappa shape index (κ2) is 11.6.